The summed E-state index contributed by atoms with van der Waals surface area (Å²) in [5.74, 6) is 3.76. The molecule has 2 aromatic rings. The molecule has 0 N–H and O–H groups in total. The molecule has 8 nitrogen and oxygen atoms in total. The number of esters is 1. The van der Waals surface area contributed by atoms with Crippen molar-refractivity contribution in [3.63, 3.8) is 0 Å². The molecule has 29 heavy (non-hydrogen) atoms. The van der Waals surface area contributed by atoms with E-state index >= 15 is 0 Å². The third-order valence-electron chi connectivity index (χ3n) is 6.05. The van der Waals surface area contributed by atoms with Gasteiger partial charge in [-0.05, 0) is 49.1 Å². The van der Waals surface area contributed by atoms with Crippen LogP contribution in [0, 0.1) is 17.8 Å². The highest BCUT2D eigenvalue weighted by atomic mass is 16.5. The summed E-state index contributed by atoms with van der Waals surface area (Å²) in [6.45, 7) is -0.0307. The van der Waals surface area contributed by atoms with Crippen molar-refractivity contribution in [2.75, 3.05) is 21.3 Å². The van der Waals surface area contributed by atoms with Crippen LogP contribution < -0.4 is 14.2 Å². The summed E-state index contributed by atoms with van der Waals surface area (Å²) in [6, 6.07) is 3.44. The van der Waals surface area contributed by atoms with E-state index < -0.39 is 0 Å². The highest BCUT2D eigenvalue weighted by Gasteiger charge is 2.40. The lowest BCUT2D eigenvalue weighted by atomic mass is 9.86. The lowest BCUT2D eigenvalue weighted by molar-refractivity contribution is -0.147. The van der Waals surface area contributed by atoms with Crippen LogP contribution in [0.5, 0.6) is 17.2 Å². The van der Waals surface area contributed by atoms with Crippen LogP contribution in [-0.2, 0) is 16.1 Å². The van der Waals surface area contributed by atoms with Gasteiger partial charge in [0.15, 0.2) is 18.1 Å². The van der Waals surface area contributed by atoms with Crippen LogP contribution in [0.4, 0.5) is 0 Å². The maximum atomic E-state index is 12.2. The SMILES string of the molecule is COc1cc(-c2nnc(COC(=O)C[C@@H]3C[C@@H]4CC[C@@H]3C4)o2)cc(OC)c1OC. The maximum Gasteiger partial charge on any atom is 0.306 e. The van der Waals surface area contributed by atoms with E-state index in [-0.39, 0.29) is 24.4 Å². The second kappa shape index (κ2) is 8.31. The van der Waals surface area contributed by atoms with Crippen LogP contribution in [0.1, 0.15) is 38.0 Å². The van der Waals surface area contributed by atoms with Crippen molar-refractivity contribution < 1.29 is 28.2 Å². The summed E-state index contributed by atoms with van der Waals surface area (Å²) < 4.78 is 27.0. The molecule has 2 bridgehead atoms. The topological polar surface area (TPSA) is 92.9 Å². The molecule has 2 fully saturated rings. The number of carbonyl (C=O) groups is 1. The Bertz CT molecular complexity index is 855. The van der Waals surface area contributed by atoms with Crippen molar-refractivity contribution in [2.45, 2.75) is 38.7 Å². The van der Waals surface area contributed by atoms with Crippen molar-refractivity contribution in [2.24, 2.45) is 17.8 Å². The number of methoxy groups -OCH3 is 3. The Morgan fingerprint density at radius 2 is 1.83 bits per heavy atom. The third kappa shape index (κ3) is 4.02. The average Bonchev–Trinajstić information content (AvgIpc) is 3.48. The second-order valence-electron chi connectivity index (χ2n) is 7.71. The summed E-state index contributed by atoms with van der Waals surface area (Å²) >= 11 is 0. The zero-order valence-electron chi connectivity index (χ0n) is 17.0. The fourth-order valence-corrected chi connectivity index (χ4v) is 4.67. The van der Waals surface area contributed by atoms with Crippen molar-refractivity contribution in [1.29, 1.82) is 0 Å². The molecule has 1 aromatic carbocycles. The molecule has 4 rings (SSSR count). The van der Waals surface area contributed by atoms with Crippen LogP contribution >= 0.6 is 0 Å². The quantitative estimate of drug-likeness (QED) is 0.618. The first kappa shape index (κ1) is 19.5. The predicted molar refractivity (Wildman–Crippen MR) is 103 cm³/mol. The Kier molecular flexibility index (Phi) is 5.60. The van der Waals surface area contributed by atoms with Gasteiger partial charge in [-0.2, -0.15) is 0 Å². The molecule has 0 aliphatic heterocycles. The summed E-state index contributed by atoms with van der Waals surface area (Å²) in [5, 5.41) is 8.03. The van der Waals surface area contributed by atoms with Crippen LogP contribution in [0.2, 0.25) is 0 Å². The van der Waals surface area contributed by atoms with Crippen LogP contribution in [-0.4, -0.2) is 37.5 Å². The van der Waals surface area contributed by atoms with E-state index in [2.05, 4.69) is 10.2 Å². The Hall–Kier alpha value is -2.77. The van der Waals surface area contributed by atoms with Crippen LogP contribution in [0.3, 0.4) is 0 Å². The summed E-state index contributed by atoms with van der Waals surface area (Å²) in [7, 11) is 4.61. The molecule has 0 radical (unpaired) electrons. The molecular weight excluding hydrogens is 376 g/mol. The molecule has 0 spiro atoms. The van der Waals surface area contributed by atoms with Gasteiger partial charge in [-0.15, -0.1) is 10.2 Å². The van der Waals surface area contributed by atoms with Gasteiger partial charge in [0, 0.05) is 12.0 Å². The molecule has 2 aliphatic rings. The maximum absolute atomic E-state index is 12.2. The molecule has 8 heteroatoms. The number of fused-ring (bicyclic) bond motifs is 2. The number of carbonyl (C=O) groups excluding carboxylic acids is 1. The molecule has 2 aliphatic carbocycles. The monoisotopic (exact) mass is 402 g/mol. The average molecular weight is 402 g/mol. The zero-order chi connectivity index (χ0) is 20.4. The molecule has 1 heterocycles. The van der Waals surface area contributed by atoms with Gasteiger partial charge in [-0.3, -0.25) is 4.79 Å². The van der Waals surface area contributed by atoms with Gasteiger partial charge >= 0.3 is 5.97 Å². The largest absolute Gasteiger partial charge is 0.493 e. The second-order valence-corrected chi connectivity index (χ2v) is 7.71. The van der Waals surface area contributed by atoms with Gasteiger partial charge in [0.05, 0.1) is 21.3 Å². The van der Waals surface area contributed by atoms with Crippen molar-refractivity contribution in [3.05, 3.63) is 18.0 Å². The number of hydrogen-bond acceptors (Lipinski definition) is 8. The Balaban J connectivity index is 1.39. The first-order valence-electron chi connectivity index (χ1n) is 9.89. The Morgan fingerprint density at radius 3 is 2.41 bits per heavy atom. The number of aromatic nitrogens is 2. The highest BCUT2D eigenvalue weighted by Crippen LogP contribution is 2.49. The minimum atomic E-state index is -0.199. The molecule has 0 amide bonds. The zero-order valence-corrected chi connectivity index (χ0v) is 17.0. The van der Waals surface area contributed by atoms with Crippen LogP contribution in [0.25, 0.3) is 11.5 Å². The normalized spacial score (nSPS) is 22.5. The summed E-state index contributed by atoms with van der Waals surface area (Å²) in [5.41, 5.74) is 0.617. The number of hydrogen-bond donors (Lipinski definition) is 0. The van der Waals surface area contributed by atoms with Gasteiger partial charge in [-0.1, -0.05) is 6.42 Å². The highest BCUT2D eigenvalue weighted by molar-refractivity contribution is 5.69. The van der Waals surface area contributed by atoms with Crippen molar-refractivity contribution in [3.8, 4) is 28.7 Å². The van der Waals surface area contributed by atoms with E-state index in [1.807, 2.05) is 0 Å². The molecular formula is C21H26N2O6. The lowest BCUT2D eigenvalue weighted by Crippen LogP contribution is -2.17. The molecule has 3 atom stereocenters. The van der Waals surface area contributed by atoms with E-state index in [1.165, 1.54) is 40.6 Å². The lowest BCUT2D eigenvalue weighted by Gasteiger charge is -2.20. The molecule has 2 saturated carbocycles. The van der Waals surface area contributed by atoms with E-state index in [4.69, 9.17) is 23.4 Å². The van der Waals surface area contributed by atoms with Crippen molar-refractivity contribution in [1.82, 2.24) is 10.2 Å². The Labute approximate surface area is 169 Å². The van der Waals surface area contributed by atoms with E-state index in [0.29, 0.717) is 41.1 Å². The smallest absolute Gasteiger partial charge is 0.306 e. The molecule has 0 unspecified atom stereocenters. The fourth-order valence-electron chi connectivity index (χ4n) is 4.67. The number of nitrogens with zero attached hydrogens (tertiary/aromatic N) is 2. The first-order valence-corrected chi connectivity index (χ1v) is 9.89. The predicted octanol–water partition coefficient (Wildman–Crippen LogP) is 3.63. The van der Waals surface area contributed by atoms with Gasteiger partial charge < -0.3 is 23.4 Å². The standard InChI is InChI=1S/C21H26N2O6/c1-25-16-8-15(9-17(26-2)20(16)27-3)21-23-22-18(29-21)11-28-19(24)10-14-7-12-4-5-13(14)6-12/h8-9,12-14H,4-7,10-11H2,1-3H3/t12-,13-,14+/m1/s1. The fraction of sp³-hybridized carbons (Fsp3) is 0.571. The summed E-state index contributed by atoms with van der Waals surface area (Å²) in [4.78, 5) is 12.2. The number of benzene rings is 1. The van der Waals surface area contributed by atoms with E-state index in [0.717, 1.165) is 12.3 Å². The minimum absolute atomic E-state index is 0.0307. The minimum Gasteiger partial charge on any atom is -0.493 e. The number of rotatable bonds is 8. The molecule has 156 valence electrons. The van der Waals surface area contributed by atoms with E-state index in [1.54, 1.807) is 12.1 Å². The third-order valence-corrected chi connectivity index (χ3v) is 6.05. The Morgan fingerprint density at radius 1 is 1.07 bits per heavy atom. The number of ether oxygens (including phenoxy) is 4. The van der Waals surface area contributed by atoms with Gasteiger partial charge in [-0.25, -0.2) is 0 Å². The van der Waals surface area contributed by atoms with Gasteiger partial charge in [0.25, 0.3) is 5.89 Å². The molecule has 1 aromatic heterocycles. The molecule has 0 saturated heterocycles. The van der Waals surface area contributed by atoms with Crippen molar-refractivity contribution >= 4 is 5.97 Å². The first-order chi connectivity index (χ1) is 14.1. The van der Waals surface area contributed by atoms with E-state index in [9.17, 15) is 4.79 Å². The van der Waals surface area contributed by atoms with Gasteiger partial charge in [0.1, 0.15) is 0 Å². The summed E-state index contributed by atoms with van der Waals surface area (Å²) in [6.07, 6.45) is 5.49. The van der Waals surface area contributed by atoms with Gasteiger partial charge in [0.2, 0.25) is 11.6 Å². The van der Waals surface area contributed by atoms with Crippen LogP contribution in [0.15, 0.2) is 16.5 Å².